The summed E-state index contributed by atoms with van der Waals surface area (Å²) in [7, 11) is 0. The van der Waals surface area contributed by atoms with E-state index in [1.54, 1.807) is 0 Å². The Morgan fingerprint density at radius 3 is 2.29 bits per heavy atom. The van der Waals surface area contributed by atoms with Gasteiger partial charge in [-0.25, -0.2) is 0 Å². The highest BCUT2D eigenvalue weighted by atomic mass is 35.5. The van der Waals surface area contributed by atoms with Gasteiger partial charge in [-0.15, -0.1) is 12.4 Å². The molecule has 0 spiro atoms. The van der Waals surface area contributed by atoms with Crippen molar-refractivity contribution in [2.45, 2.75) is 37.6 Å². The molecule has 1 aliphatic carbocycles. The Morgan fingerprint density at radius 2 is 1.64 bits per heavy atom. The Kier molecular flexibility index (Phi) is 4.43. The van der Waals surface area contributed by atoms with Gasteiger partial charge in [0.1, 0.15) is 0 Å². The van der Waals surface area contributed by atoms with Gasteiger partial charge in [0.25, 0.3) is 0 Å². The van der Waals surface area contributed by atoms with Crippen LogP contribution in [0.3, 0.4) is 0 Å². The first-order valence-electron chi connectivity index (χ1n) is 5.18. The number of hydrogen-bond donors (Lipinski definition) is 1. The molecule has 14 heavy (non-hydrogen) atoms. The molecule has 2 atom stereocenters. The molecule has 2 N–H and O–H groups in total. The molecule has 1 aliphatic rings. The van der Waals surface area contributed by atoms with Gasteiger partial charge < -0.3 is 5.73 Å². The maximum absolute atomic E-state index is 6.11. The van der Waals surface area contributed by atoms with Crippen molar-refractivity contribution in [1.82, 2.24) is 0 Å². The lowest BCUT2D eigenvalue weighted by Crippen LogP contribution is -2.31. The van der Waals surface area contributed by atoms with Crippen LogP contribution in [-0.2, 0) is 0 Å². The van der Waals surface area contributed by atoms with Gasteiger partial charge in [0.15, 0.2) is 0 Å². The van der Waals surface area contributed by atoms with Crippen LogP contribution in [0.1, 0.15) is 37.2 Å². The van der Waals surface area contributed by atoms with E-state index in [2.05, 4.69) is 30.3 Å². The second-order valence-electron chi connectivity index (χ2n) is 3.97. The Labute approximate surface area is 92.1 Å². The molecule has 2 unspecified atom stereocenters. The third-order valence-electron chi connectivity index (χ3n) is 3.05. The number of benzene rings is 1. The lowest BCUT2D eigenvalue weighted by Gasteiger charge is -2.28. The minimum Gasteiger partial charge on any atom is -0.327 e. The van der Waals surface area contributed by atoms with E-state index < -0.39 is 0 Å². The first kappa shape index (κ1) is 11.5. The zero-order chi connectivity index (χ0) is 9.10. The summed E-state index contributed by atoms with van der Waals surface area (Å²) in [6.45, 7) is 0. The van der Waals surface area contributed by atoms with Crippen LogP contribution in [0.4, 0.5) is 0 Å². The topological polar surface area (TPSA) is 26.0 Å². The third kappa shape index (κ3) is 2.49. The van der Waals surface area contributed by atoms with E-state index in [0.717, 1.165) is 0 Å². The highest BCUT2D eigenvalue weighted by Crippen LogP contribution is 2.31. The Balaban J connectivity index is 0.000000980. The third-order valence-corrected chi connectivity index (χ3v) is 3.05. The SMILES string of the molecule is Cl.NC1CCCCC1c1ccccc1. The molecule has 0 aliphatic heterocycles. The van der Waals surface area contributed by atoms with Crippen molar-refractivity contribution in [3.8, 4) is 0 Å². The normalized spacial score (nSPS) is 26.6. The molecule has 1 saturated carbocycles. The molecule has 1 aromatic carbocycles. The van der Waals surface area contributed by atoms with E-state index in [0.29, 0.717) is 12.0 Å². The largest absolute Gasteiger partial charge is 0.327 e. The minimum absolute atomic E-state index is 0. The van der Waals surface area contributed by atoms with Crippen LogP contribution in [0.5, 0.6) is 0 Å². The van der Waals surface area contributed by atoms with Crippen LogP contribution in [0.25, 0.3) is 0 Å². The van der Waals surface area contributed by atoms with Crippen LogP contribution in [0.15, 0.2) is 30.3 Å². The van der Waals surface area contributed by atoms with Crippen LogP contribution in [0, 0.1) is 0 Å². The first-order chi connectivity index (χ1) is 6.38. The van der Waals surface area contributed by atoms with E-state index in [9.17, 15) is 0 Å². The van der Waals surface area contributed by atoms with Crippen molar-refractivity contribution in [3.63, 3.8) is 0 Å². The smallest absolute Gasteiger partial charge is 0.0108 e. The first-order valence-corrected chi connectivity index (χ1v) is 5.18. The Bertz CT molecular complexity index is 260. The molecule has 0 radical (unpaired) electrons. The zero-order valence-corrected chi connectivity index (χ0v) is 9.17. The van der Waals surface area contributed by atoms with Gasteiger partial charge in [-0.1, -0.05) is 43.2 Å². The van der Waals surface area contributed by atoms with Crippen molar-refractivity contribution < 1.29 is 0 Å². The highest BCUT2D eigenvalue weighted by molar-refractivity contribution is 5.85. The second kappa shape index (κ2) is 5.38. The van der Waals surface area contributed by atoms with Crippen molar-refractivity contribution >= 4 is 12.4 Å². The second-order valence-corrected chi connectivity index (χ2v) is 3.97. The molecule has 2 rings (SSSR count). The van der Waals surface area contributed by atoms with Gasteiger partial charge in [-0.2, -0.15) is 0 Å². The Morgan fingerprint density at radius 1 is 1.00 bits per heavy atom. The molecular weight excluding hydrogens is 194 g/mol. The average Bonchev–Trinajstić information content (AvgIpc) is 2.20. The van der Waals surface area contributed by atoms with Gasteiger partial charge in [0.2, 0.25) is 0 Å². The maximum Gasteiger partial charge on any atom is 0.0108 e. The molecule has 0 bridgehead atoms. The summed E-state index contributed by atoms with van der Waals surface area (Å²) >= 11 is 0. The molecule has 2 heteroatoms. The summed E-state index contributed by atoms with van der Waals surface area (Å²) in [5.41, 5.74) is 7.54. The maximum atomic E-state index is 6.11. The molecule has 0 saturated heterocycles. The van der Waals surface area contributed by atoms with Crippen LogP contribution >= 0.6 is 12.4 Å². The predicted octanol–water partition coefficient (Wildman–Crippen LogP) is 3.09. The van der Waals surface area contributed by atoms with Gasteiger partial charge >= 0.3 is 0 Å². The quantitative estimate of drug-likeness (QED) is 0.759. The fourth-order valence-electron chi connectivity index (χ4n) is 2.27. The predicted molar refractivity (Wildman–Crippen MR) is 62.9 cm³/mol. The summed E-state index contributed by atoms with van der Waals surface area (Å²) in [6, 6.07) is 11.1. The number of nitrogens with two attached hydrogens (primary N) is 1. The Hall–Kier alpha value is -0.530. The van der Waals surface area contributed by atoms with E-state index in [1.165, 1.54) is 31.2 Å². The summed E-state index contributed by atoms with van der Waals surface area (Å²) in [5, 5.41) is 0. The summed E-state index contributed by atoms with van der Waals surface area (Å²) in [5.74, 6) is 0.606. The van der Waals surface area contributed by atoms with Gasteiger partial charge in [0.05, 0.1) is 0 Å². The highest BCUT2D eigenvalue weighted by Gasteiger charge is 2.22. The molecule has 78 valence electrons. The van der Waals surface area contributed by atoms with Crippen molar-refractivity contribution in [3.05, 3.63) is 35.9 Å². The molecule has 0 aromatic heterocycles. The van der Waals surface area contributed by atoms with E-state index in [-0.39, 0.29) is 12.4 Å². The monoisotopic (exact) mass is 211 g/mol. The van der Waals surface area contributed by atoms with E-state index in [1.807, 2.05) is 0 Å². The lowest BCUT2D eigenvalue weighted by molar-refractivity contribution is 0.385. The van der Waals surface area contributed by atoms with Crippen molar-refractivity contribution in [1.29, 1.82) is 0 Å². The summed E-state index contributed by atoms with van der Waals surface area (Å²) < 4.78 is 0. The fraction of sp³-hybridized carbons (Fsp3) is 0.500. The lowest BCUT2D eigenvalue weighted by atomic mass is 9.80. The summed E-state index contributed by atoms with van der Waals surface area (Å²) in [4.78, 5) is 0. The molecule has 1 aromatic rings. The van der Waals surface area contributed by atoms with Gasteiger partial charge in [-0.05, 0) is 24.3 Å². The van der Waals surface area contributed by atoms with Gasteiger partial charge in [0, 0.05) is 6.04 Å². The van der Waals surface area contributed by atoms with Crippen molar-refractivity contribution in [2.24, 2.45) is 5.73 Å². The summed E-state index contributed by atoms with van der Waals surface area (Å²) in [6.07, 6.45) is 5.11. The zero-order valence-electron chi connectivity index (χ0n) is 8.36. The fourth-order valence-corrected chi connectivity index (χ4v) is 2.27. The molecule has 0 heterocycles. The van der Waals surface area contributed by atoms with E-state index >= 15 is 0 Å². The molecule has 0 amide bonds. The van der Waals surface area contributed by atoms with Crippen molar-refractivity contribution in [2.75, 3.05) is 0 Å². The van der Waals surface area contributed by atoms with Crippen LogP contribution in [0.2, 0.25) is 0 Å². The van der Waals surface area contributed by atoms with E-state index in [4.69, 9.17) is 5.73 Å². The number of hydrogen-bond acceptors (Lipinski definition) is 1. The van der Waals surface area contributed by atoms with Gasteiger partial charge in [-0.3, -0.25) is 0 Å². The van der Waals surface area contributed by atoms with Crippen LogP contribution < -0.4 is 5.73 Å². The molecule has 1 fully saturated rings. The minimum atomic E-state index is 0. The van der Waals surface area contributed by atoms with Crippen LogP contribution in [-0.4, -0.2) is 6.04 Å². The average molecular weight is 212 g/mol. The molecular formula is C12H18ClN. The molecule has 1 nitrogen and oxygen atoms in total. The standard InChI is InChI=1S/C12H17N.ClH/c13-12-9-5-4-8-11(12)10-6-2-1-3-7-10;/h1-3,6-7,11-12H,4-5,8-9,13H2;1H. The number of halogens is 1. The number of rotatable bonds is 1.